The van der Waals surface area contributed by atoms with Crippen LogP contribution in [-0.4, -0.2) is 37.6 Å². The Morgan fingerprint density at radius 3 is 2.88 bits per heavy atom. The summed E-state index contributed by atoms with van der Waals surface area (Å²) in [5, 5.41) is 3.24. The topological polar surface area (TPSA) is 41.3 Å². The van der Waals surface area contributed by atoms with Crippen LogP contribution in [0.25, 0.3) is 0 Å². The third-order valence-electron chi connectivity index (χ3n) is 3.71. The fraction of sp³-hybridized carbons (Fsp3) is 0.857. The van der Waals surface area contributed by atoms with Gasteiger partial charge in [-0.15, -0.1) is 0 Å². The van der Waals surface area contributed by atoms with Gasteiger partial charge in [0.05, 0.1) is 0 Å². The van der Waals surface area contributed by atoms with Gasteiger partial charge in [0.15, 0.2) is 0 Å². The lowest BCUT2D eigenvalue weighted by Gasteiger charge is -2.18. The van der Waals surface area contributed by atoms with E-state index < -0.39 is 0 Å². The van der Waals surface area contributed by atoms with Crippen LogP contribution in [0.1, 0.15) is 44.9 Å². The van der Waals surface area contributed by atoms with E-state index in [1.54, 1.807) is 0 Å². The van der Waals surface area contributed by atoms with Crippen molar-refractivity contribution in [1.82, 2.24) is 10.2 Å². The molecule has 1 unspecified atom stereocenters. The average Bonchev–Trinajstić information content (AvgIpc) is 2.72. The highest BCUT2D eigenvalue weighted by Crippen LogP contribution is 2.20. The van der Waals surface area contributed by atoms with Crippen molar-refractivity contribution < 1.29 is 0 Å². The SMILES string of the molecule is C=C(CCCCCC1CCCN1C)NCCN. The van der Waals surface area contributed by atoms with Gasteiger partial charge < -0.3 is 16.0 Å². The van der Waals surface area contributed by atoms with E-state index in [2.05, 4.69) is 23.8 Å². The third-order valence-corrected chi connectivity index (χ3v) is 3.71. The van der Waals surface area contributed by atoms with Gasteiger partial charge in [-0.05, 0) is 45.7 Å². The van der Waals surface area contributed by atoms with Crippen LogP contribution in [0.5, 0.6) is 0 Å². The van der Waals surface area contributed by atoms with Crippen LogP contribution in [0.15, 0.2) is 12.3 Å². The Morgan fingerprint density at radius 2 is 2.24 bits per heavy atom. The van der Waals surface area contributed by atoms with Gasteiger partial charge in [0.25, 0.3) is 0 Å². The first-order valence-corrected chi connectivity index (χ1v) is 7.06. The Labute approximate surface area is 106 Å². The largest absolute Gasteiger partial charge is 0.388 e. The van der Waals surface area contributed by atoms with Crippen molar-refractivity contribution in [3.8, 4) is 0 Å². The maximum atomic E-state index is 5.43. The molecule has 1 aliphatic rings. The van der Waals surface area contributed by atoms with E-state index in [-0.39, 0.29) is 0 Å². The molecule has 3 nitrogen and oxygen atoms in total. The van der Waals surface area contributed by atoms with Crippen molar-refractivity contribution in [3.63, 3.8) is 0 Å². The van der Waals surface area contributed by atoms with Crippen molar-refractivity contribution >= 4 is 0 Å². The normalized spacial score (nSPS) is 20.7. The summed E-state index contributed by atoms with van der Waals surface area (Å²) in [5.41, 5.74) is 6.57. The zero-order valence-electron chi connectivity index (χ0n) is 11.4. The van der Waals surface area contributed by atoms with Gasteiger partial charge in [-0.1, -0.05) is 19.4 Å². The highest BCUT2D eigenvalue weighted by molar-refractivity contribution is 4.90. The number of nitrogens with one attached hydrogen (secondary N) is 1. The molecule has 1 atom stereocenters. The minimum Gasteiger partial charge on any atom is -0.388 e. The molecular formula is C14H29N3. The summed E-state index contributed by atoms with van der Waals surface area (Å²) < 4.78 is 0. The van der Waals surface area contributed by atoms with E-state index in [0.29, 0.717) is 6.54 Å². The molecule has 3 N–H and O–H groups in total. The number of allylic oxidation sites excluding steroid dienone is 1. The summed E-state index contributed by atoms with van der Waals surface area (Å²) >= 11 is 0. The van der Waals surface area contributed by atoms with Crippen molar-refractivity contribution in [1.29, 1.82) is 0 Å². The van der Waals surface area contributed by atoms with E-state index in [1.165, 1.54) is 45.1 Å². The second-order valence-electron chi connectivity index (χ2n) is 5.20. The number of unbranched alkanes of at least 4 members (excludes halogenated alkanes) is 2. The predicted octanol–water partition coefficient (Wildman–Crippen LogP) is 2.09. The minimum atomic E-state index is 0.688. The van der Waals surface area contributed by atoms with Gasteiger partial charge in [-0.2, -0.15) is 0 Å². The average molecular weight is 239 g/mol. The lowest BCUT2D eigenvalue weighted by molar-refractivity contribution is 0.289. The van der Waals surface area contributed by atoms with Gasteiger partial charge in [0.2, 0.25) is 0 Å². The first kappa shape index (κ1) is 14.5. The molecule has 0 bridgehead atoms. The molecule has 0 aromatic carbocycles. The fourth-order valence-corrected chi connectivity index (χ4v) is 2.58. The van der Waals surface area contributed by atoms with Crippen LogP contribution >= 0.6 is 0 Å². The van der Waals surface area contributed by atoms with E-state index in [0.717, 1.165) is 24.7 Å². The smallest absolute Gasteiger partial charge is 0.0266 e. The third kappa shape index (κ3) is 6.08. The number of nitrogens with two attached hydrogens (primary N) is 1. The molecule has 100 valence electrons. The van der Waals surface area contributed by atoms with Crippen LogP contribution in [-0.2, 0) is 0 Å². The van der Waals surface area contributed by atoms with Crippen molar-refractivity contribution in [3.05, 3.63) is 12.3 Å². The molecule has 0 aromatic rings. The Bertz CT molecular complexity index is 216. The number of hydrogen-bond acceptors (Lipinski definition) is 3. The van der Waals surface area contributed by atoms with Crippen molar-refractivity contribution in [2.24, 2.45) is 5.73 Å². The predicted molar refractivity (Wildman–Crippen MR) is 74.9 cm³/mol. The molecule has 0 aliphatic carbocycles. The first-order valence-electron chi connectivity index (χ1n) is 7.06. The molecule has 1 aliphatic heterocycles. The summed E-state index contributed by atoms with van der Waals surface area (Å²) in [6, 6.07) is 0.855. The van der Waals surface area contributed by atoms with Crippen LogP contribution in [0.4, 0.5) is 0 Å². The molecule has 1 heterocycles. The highest BCUT2D eigenvalue weighted by Gasteiger charge is 2.19. The standard InChI is InChI=1S/C14H29N3/c1-13(16-11-10-15)7-4-3-5-8-14-9-6-12-17(14)2/h14,16H,1,3-12,15H2,2H3. The fourth-order valence-electron chi connectivity index (χ4n) is 2.58. The maximum absolute atomic E-state index is 5.43. The molecular weight excluding hydrogens is 210 g/mol. The Hall–Kier alpha value is -0.540. The van der Waals surface area contributed by atoms with Crippen molar-refractivity contribution in [2.45, 2.75) is 51.0 Å². The number of nitrogens with zero attached hydrogens (tertiary/aromatic N) is 1. The highest BCUT2D eigenvalue weighted by atomic mass is 15.1. The Kier molecular flexibility index (Phi) is 7.29. The summed E-state index contributed by atoms with van der Waals surface area (Å²) in [4.78, 5) is 2.52. The summed E-state index contributed by atoms with van der Waals surface area (Å²) in [6.45, 7) is 6.84. The zero-order chi connectivity index (χ0) is 12.5. The van der Waals surface area contributed by atoms with E-state index in [1.807, 2.05) is 0 Å². The van der Waals surface area contributed by atoms with Gasteiger partial charge in [0.1, 0.15) is 0 Å². The molecule has 0 radical (unpaired) electrons. The number of hydrogen-bond donors (Lipinski definition) is 2. The van der Waals surface area contributed by atoms with E-state index in [9.17, 15) is 0 Å². The van der Waals surface area contributed by atoms with Crippen LogP contribution in [0.3, 0.4) is 0 Å². The molecule has 0 amide bonds. The maximum Gasteiger partial charge on any atom is 0.0266 e. The number of rotatable bonds is 9. The Morgan fingerprint density at radius 1 is 1.41 bits per heavy atom. The molecule has 3 heteroatoms. The van der Waals surface area contributed by atoms with Gasteiger partial charge in [0, 0.05) is 24.8 Å². The first-order chi connectivity index (χ1) is 8.24. The van der Waals surface area contributed by atoms with E-state index >= 15 is 0 Å². The molecule has 17 heavy (non-hydrogen) atoms. The zero-order valence-corrected chi connectivity index (χ0v) is 11.4. The van der Waals surface area contributed by atoms with Crippen molar-refractivity contribution in [2.75, 3.05) is 26.7 Å². The van der Waals surface area contributed by atoms with E-state index in [4.69, 9.17) is 5.73 Å². The molecule has 0 saturated carbocycles. The molecule has 1 saturated heterocycles. The monoisotopic (exact) mass is 239 g/mol. The Balaban J connectivity index is 1.92. The summed E-state index contributed by atoms with van der Waals surface area (Å²) in [5.74, 6) is 0. The summed E-state index contributed by atoms with van der Waals surface area (Å²) in [7, 11) is 2.26. The molecule has 1 rings (SSSR count). The van der Waals surface area contributed by atoms with Crippen LogP contribution in [0, 0.1) is 0 Å². The van der Waals surface area contributed by atoms with Crippen LogP contribution in [0.2, 0.25) is 0 Å². The summed E-state index contributed by atoms with van der Waals surface area (Å²) in [6.07, 6.45) is 9.21. The lowest BCUT2D eigenvalue weighted by Crippen LogP contribution is -2.24. The van der Waals surface area contributed by atoms with Gasteiger partial charge in [-0.25, -0.2) is 0 Å². The lowest BCUT2D eigenvalue weighted by atomic mass is 10.0. The van der Waals surface area contributed by atoms with Gasteiger partial charge in [-0.3, -0.25) is 0 Å². The second-order valence-corrected chi connectivity index (χ2v) is 5.20. The molecule has 0 spiro atoms. The van der Waals surface area contributed by atoms with Crippen LogP contribution < -0.4 is 11.1 Å². The second kappa shape index (κ2) is 8.54. The quantitative estimate of drug-likeness (QED) is 0.605. The number of likely N-dealkylation sites (tertiary alicyclic amines) is 1. The van der Waals surface area contributed by atoms with Gasteiger partial charge >= 0.3 is 0 Å². The minimum absolute atomic E-state index is 0.688. The molecule has 1 fully saturated rings. The molecule has 0 aromatic heterocycles.